The summed E-state index contributed by atoms with van der Waals surface area (Å²) in [6, 6.07) is 0.674. The summed E-state index contributed by atoms with van der Waals surface area (Å²) >= 11 is 0. The van der Waals surface area contributed by atoms with Crippen molar-refractivity contribution in [3.63, 3.8) is 0 Å². The van der Waals surface area contributed by atoms with Crippen molar-refractivity contribution in [3.05, 3.63) is 0 Å². The second-order valence-electron chi connectivity index (χ2n) is 6.73. The summed E-state index contributed by atoms with van der Waals surface area (Å²) in [5, 5.41) is 3.80. The van der Waals surface area contributed by atoms with Gasteiger partial charge in [0.2, 0.25) is 0 Å². The van der Waals surface area contributed by atoms with E-state index in [4.69, 9.17) is 9.47 Å². The number of hydrogen-bond acceptors (Lipinski definition) is 3. The molecular formula is C16H29NO2. The zero-order valence-electron chi connectivity index (χ0n) is 12.2. The Bertz CT molecular complexity index is 264. The molecule has 2 saturated heterocycles. The largest absolute Gasteiger partial charge is 0.381 e. The summed E-state index contributed by atoms with van der Waals surface area (Å²) < 4.78 is 11.6. The molecule has 19 heavy (non-hydrogen) atoms. The van der Waals surface area contributed by atoms with E-state index in [0.717, 1.165) is 38.6 Å². The highest BCUT2D eigenvalue weighted by atomic mass is 16.5. The molecule has 3 aliphatic rings. The van der Waals surface area contributed by atoms with Gasteiger partial charge in [0.25, 0.3) is 0 Å². The zero-order chi connectivity index (χ0) is 13.0. The highest BCUT2D eigenvalue weighted by molar-refractivity contribution is 4.91. The predicted molar refractivity (Wildman–Crippen MR) is 76.3 cm³/mol. The summed E-state index contributed by atoms with van der Waals surface area (Å²) in [6.07, 6.45) is 11.8. The predicted octanol–water partition coefficient (Wildman–Crippen LogP) is 2.88. The first-order valence-electron chi connectivity index (χ1n) is 8.31. The molecule has 1 saturated carbocycles. The molecule has 0 aromatic rings. The lowest BCUT2D eigenvalue weighted by molar-refractivity contribution is -0.140. The molecule has 3 fully saturated rings. The molecular weight excluding hydrogens is 238 g/mol. The molecule has 2 heterocycles. The molecule has 0 amide bonds. The van der Waals surface area contributed by atoms with Crippen LogP contribution < -0.4 is 5.32 Å². The number of rotatable bonds is 4. The van der Waals surface area contributed by atoms with Crippen LogP contribution in [-0.4, -0.2) is 38.0 Å². The van der Waals surface area contributed by atoms with E-state index in [1.54, 1.807) is 0 Å². The van der Waals surface area contributed by atoms with Crippen molar-refractivity contribution in [3.8, 4) is 0 Å². The van der Waals surface area contributed by atoms with E-state index >= 15 is 0 Å². The second-order valence-corrected chi connectivity index (χ2v) is 6.73. The third kappa shape index (κ3) is 3.71. The van der Waals surface area contributed by atoms with Gasteiger partial charge in [-0.15, -0.1) is 0 Å². The van der Waals surface area contributed by atoms with E-state index in [1.165, 1.54) is 51.5 Å². The first-order chi connectivity index (χ1) is 9.36. The van der Waals surface area contributed by atoms with E-state index in [1.807, 2.05) is 0 Å². The molecule has 3 rings (SSSR count). The lowest BCUT2D eigenvalue weighted by atomic mass is 9.84. The summed E-state index contributed by atoms with van der Waals surface area (Å²) in [6.45, 7) is 3.91. The van der Waals surface area contributed by atoms with Gasteiger partial charge in [0.15, 0.2) is 0 Å². The molecule has 110 valence electrons. The molecule has 1 spiro atoms. The quantitative estimate of drug-likeness (QED) is 0.849. The van der Waals surface area contributed by atoms with Crippen molar-refractivity contribution in [2.75, 3.05) is 26.4 Å². The van der Waals surface area contributed by atoms with Gasteiger partial charge in [-0.2, -0.15) is 0 Å². The van der Waals surface area contributed by atoms with Gasteiger partial charge < -0.3 is 14.8 Å². The van der Waals surface area contributed by atoms with Crippen molar-refractivity contribution in [2.45, 2.75) is 69.4 Å². The zero-order valence-corrected chi connectivity index (χ0v) is 12.2. The average molecular weight is 267 g/mol. The summed E-state index contributed by atoms with van der Waals surface area (Å²) in [4.78, 5) is 0. The van der Waals surface area contributed by atoms with Crippen LogP contribution in [0.3, 0.4) is 0 Å². The highest BCUT2D eigenvalue weighted by Gasteiger charge is 2.38. The molecule has 0 bridgehead atoms. The van der Waals surface area contributed by atoms with Crippen LogP contribution in [0.15, 0.2) is 0 Å². The first-order valence-corrected chi connectivity index (χ1v) is 8.31. The summed E-state index contributed by atoms with van der Waals surface area (Å²) in [7, 11) is 0. The van der Waals surface area contributed by atoms with Gasteiger partial charge in [-0.3, -0.25) is 0 Å². The van der Waals surface area contributed by atoms with Crippen molar-refractivity contribution < 1.29 is 9.47 Å². The Hall–Kier alpha value is -0.120. The van der Waals surface area contributed by atoms with E-state index in [-0.39, 0.29) is 5.60 Å². The Morgan fingerprint density at radius 3 is 2.58 bits per heavy atom. The Labute approximate surface area is 117 Å². The molecule has 1 unspecified atom stereocenters. The fourth-order valence-corrected chi connectivity index (χ4v) is 4.08. The molecule has 0 aromatic heterocycles. The average Bonchev–Trinajstić information content (AvgIpc) is 2.93. The lowest BCUT2D eigenvalue weighted by Gasteiger charge is -2.43. The van der Waals surface area contributed by atoms with Crippen LogP contribution in [0.1, 0.15) is 57.8 Å². The molecule has 1 N–H and O–H groups in total. The van der Waals surface area contributed by atoms with Gasteiger partial charge in [0, 0.05) is 25.9 Å². The van der Waals surface area contributed by atoms with Crippen LogP contribution in [0.4, 0.5) is 0 Å². The Kier molecular flexibility index (Phi) is 4.78. The van der Waals surface area contributed by atoms with Crippen molar-refractivity contribution in [2.24, 2.45) is 5.92 Å². The minimum Gasteiger partial charge on any atom is -0.381 e. The third-order valence-corrected chi connectivity index (χ3v) is 5.36. The fourth-order valence-electron chi connectivity index (χ4n) is 4.08. The van der Waals surface area contributed by atoms with Gasteiger partial charge in [0.1, 0.15) is 0 Å². The molecule has 0 radical (unpaired) electrons. The Morgan fingerprint density at radius 1 is 1.00 bits per heavy atom. The maximum absolute atomic E-state index is 6.10. The van der Waals surface area contributed by atoms with Gasteiger partial charge in [-0.05, 0) is 44.6 Å². The Balaban J connectivity index is 1.40. The van der Waals surface area contributed by atoms with E-state index in [2.05, 4.69) is 5.32 Å². The molecule has 2 aliphatic heterocycles. The number of nitrogens with one attached hydrogen (secondary N) is 1. The Morgan fingerprint density at radius 2 is 1.79 bits per heavy atom. The third-order valence-electron chi connectivity index (χ3n) is 5.36. The smallest absolute Gasteiger partial charge is 0.0741 e. The van der Waals surface area contributed by atoms with Gasteiger partial charge in [-0.25, -0.2) is 0 Å². The maximum atomic E-state index is 6.10. The van der Waals surface area contributed by atoms with E-state index < -0.39 is 0 Å². The monoisotopic (exact) mass is 267 g/mol. The van der Waals surface area contributed by atoms with Crippen LogP contribution in [0.5, 0.6) is 0 Å². The van der Waals surface area contributed by atoms with Gasteiger partial charge in [-0.1, -0.05) is 25.7 Å². The normalized spacial score (nSPS) is 31.9. The maximum Gasteiger partial charge on any atom is 0.0741 e. The topological polar surface area (TPSA) is 30.5 Å². The highest BCUT2D eigenvalue weighted by Crippen LogP contribution is 2.34. The molecule has 3 nitrogen and oxygen atoms in total. The van der Waals surface area contributed by atoms with Gasteiger partial charge in [0.05, 0.1) is 5.60 Å². The molecule has 1 atom stereocenters. The van der Waals surface area contributed by atoms with Crippen LogP contribution in [0.25, 0.3) is 0 Å². The molecule has 1 aliphatic carbocycles. The summed E-state index contributed by atoms with van der Waals surface area (Å²) in [5.74, 6) is 1.00. The minimum atomic E-state index is 0.140. The molecule has 3 heteroatoms. The number of hydrogen-bond donors (Lipinski definition) is 1. The van der Waals surface area contributed by atoms with Crippen LogP contribution in [-0.2, 0) is 9.47 Å². The van der Waals surface area contributed by atoms with Crippen LogP contribution >= 0.6 is 0 Å². The van der Waals surface area contributed by atoms with E-state index in [0.29, 0.717) is 6.04 Å². The lowest BCUT2D eigenvalue weighted by Crippen LogP contribution is -2.50. The first kappa shape index (κ1) is 13.8. The molecule has 0 aromatic carbocycles. The van der Waals surface area contributed by atoms with Crippen molar-refractivity contribution in [1.82, 2.24) is 5.32 Å². The van der Waals surface area contributed by atoms with Crippen LogP contribution in [0.2, 0.25) is 0 Å². The van der Waals surface area contributed by atoms with Crippen molar-refractivity contribution in [1.29, 1.82) is 0 Å². The minimum absolute atomic E-state index is 0.140. The standard InChI is InChI=1S/C16H29NO2/c1-2-4-14(3-1)5-9-17-15-6-10-19-16(13-15)7-11-18-12-8-16/h14-15,17H,1-13H2. The SMILES string of the molecule is C1CCC(CCNC2CCOC3(CCOCC3)C2)C1. The number of ether oxygens (including phenoxy) is 2. The van der Waals surface area contributed by atoms with E-state index in [9.17, 15) is 0 Å². The summed E-state index contributed by atoms with van der Waals surface area (Å²) in [5.41, 5.74) is 0.140. The second kappa shape index (κ2) is 6.55. The fraction of sp³-hybridized carbons (Fsp3) is 1.00. The van der Waals surface area contributed by atoms with Crippen molar-refractivity contribution >= 4 is 0 Å². The van der Waals surface area contributed by atoms with Gasteiger partial charge >= 0.3 is 0 Å². The van der Waals surface area contributed by atoms with Crippen LogP contribution in [0, 0.1) is 5.92 Å².